The van der Waals surface area contributed by atoms with Crippen LogP contribution in [0.3, 0.4) is 0 Å². The summed E-state index contributed by atoms with van der Waals surface area (Å²) in [5.74, 6) is -0.681. The lowest BCUT2D eigenvalue weighted by Gasteiger charge is -2.25. The number of hydrogen-bond donors (Lipinski definition) is 6. The van der Waals surface area contributed by atoms with E-state index in [-0.39, 0.29) is 36.1 Å². The van der Waals surface area contributed by atoms with Crippen molar-refractivity contribution < 1.29 is 37.6 Å². The Labute approximate surface area is 402 Å². The molecular weight excluding hydrogens is 891 g/mol. The minimum Gasteiger partial charge on any atom is -0.444 e. The van der Waals surface area contributed by atoms with Gasteiger partial charge in [-0.3, -0.25) is 19.0 Å². The number of nitrogens with one attached hydrogen (secondary N) is 5. The summed E-state index contributed by atoms with van der Waals surface area (Å²) in [6.07, 6.45) is 11.3. The summed E-state index contributed by atoms with van der Waals surface area (Å²) in [5.41, 5.74) is 2.72. The number of unbranched alkanes of at least 4 members (excludes halogenated alkanes) is 9. The highest BCUT2D eigenvalue weighted by atomic mass is 35.5. The van der Waals surface area contributed by atoms with Crippen molar-refractivity contribution in [3.8, 4) is 5.75 Å². The van der Waals surface area contributed by atoms with E-state index in [1.165, 1.54) is 25.7 Å². The van der Waals surface area contributed by atoms with Crippen LogP contribution in [0.25, 0.3) is 21.8 Å². The molecule has 0 radical (unpaired) electrons. The number of aromatic amines is 2. The number of halogens is 1. The molecule has 0 aliphatic heterocycles. The number of phosphoric ester groups is 1. The topological polar surface area (TPSA) is 187 Å². The average molecular weight is 966 g/mol. The number of H-pyrrole nitrogens is 2. The third-order valence-electron chi connectivity index (χ3n) is 11.3. The molecule has 5 rings (SSSR count). The summed E-state index contributed by atoms with van der Waals surface area (Å²) < 4.78 is 27.9. The third-order valence-corrected chi connectivity index (χ3v) is 12.5. The van der Waals surface area contributed by atoms with Crippen LogP contribution in [0.15, 0.2) is 85.1 Å². The van der Waals surface area contributed by atoms with Gasteiger partial charge in [0, 0.05) is 47.7 Å². The zero-order chi connectivity index (χ0) is 48.7. The minimum atomic E-state index is -4.23. The monoisotopic (exact) mass is 964 g/mol. The summed E-state index contributed by atoms with van der Waals surface area (Å²) in [5, 5.41) is 11.0. The highest BCUT2D eigenvalue weighted by Gasteiger charge is 2.30. The van der Waals surface area contributed by atoms with E-state index in [4.69, 9.17) is 25.4 Å². The molecule has 0 bridgehead atoms. The van der Waals surface area contributed by atoms with Gasteiger partial charge in [-0.1, -0.05) is 132 Å². The largest absolute Gasteiger partial charge is 0.527 e. The lowest BCUT2D eigenvalue weighted by molar-refractivity contribution is -0.130. The van der Waals surface area contributed by atoms with Crippen LogP contribution in [0, 0.1) is 0 Å². The molecule has 67 heavy (non-hydrogen) atoms. The highest BCUT2D eigenvalue weighted by Crippen LogP contribution is 2.45. The Morgan fingerprint density at radius 1 is 0.746 bits per heavy atom. The SMILES string of the molecule is CC(C)(C)OC(=O)N[C@H](Cc1cc2ccccc2[nH]1)C(=O)N[C@H](Cc1c[nH]c2ccccc12)C(=O)NCCCCCCCCCCCCOP(=O)(O)Oc1ccccc1Cl.CCN(CC)CC. The summed E-state index contributed by atoms with van der Waals surface area (Å²) in [4.78, 5) is 59.7. The lowest BCUT2D eigenvalue weighted by Crippen LogP contribution is -2.55. The van der Waals surface area contributed by atoms with Gasteiger partial charge in [-0.05, 0) is 94.5 Å². The maximum atomic E-state index is 14.0. The van der Waals surface area contributed by atoms with Crippen LogP contribution in [-0.2, 0) is 36.3 Å². The Balaban J connectivity index is 0.00000129. The van der Waals surface area contributed by atoms with Crippen molar-refractivity contribution in [1.82, 2.24) is 30.8 Å². The third kappa shape index (κ3) is 20.1. The van der Waals surface area contributed by atoms with Gasteiger partial charge >= 0.3 is 13.9 Å². The normalized spacial score (nSPS) is 13.3. The van der Waals surface area contributed by atoms with Crippen LogP contribution in [-0.4, -0.2) is 88.1 Å². The Morgan fingerprint density at radius 2 is 1.33 bits per heavy atom. The van der Waals surface area contributed by atoms with Crippen LogP contribution >= 0.6 is 19.4 Å². The van der Waals surface area contributed by atoms with E-state index in [0.717, 1.165) is 90.9 Å². The van der Waals surface area contributed by atoms with Gasteiger partial charge in [-0.15, -0.1) is 0 Å². The number of carbonyl (C=O) groups excluding carboxylic acids is 3. The first kappa shape index (κ1) is 54.8. The number of ether oxygens (including phenoxy) is 1. The number of fused-ring (bicyclic) bond motifs is 2. The first-order valence-electron chi connectivity index (χ1n) is 23.9. The minimum absolute atomic E-state index is 0.112. The maximum Gasteiger partial charge on any atom is 0.527 e. The van der Waals surface area contributed by atoms with Gasteiger partial charge in [-0.25, -0.2) is 9.36 Å². The molecule has 0 aliphatic carbocycles. The molecule has 14 nitrogen and oxygen atoms in total. The molecule has 3 aromatic carbocycles. The van der Waals surface area contributed by atoms with Crippen LogP contribution in [0.2, 0.25) is 5.02 Å². The molecule has 0 aliphatic rings. The smallest absolute Gasteiger partial charge is 0.444 e. The zero-order valence-corrected chi connectivity index (χ0v) is 42.0. The molecule has 1 unspecified atom stereocenters. The number of phosphoric acid groups is 1. The first-order valence-corrected chi connectivity index (χ1v) is 25.8. The highest BCUT2D eigenvalue weighted by molar-refractivity contribution is 7.47. The van der Waals surface area contributed by atoms with Gasteiger partial charge in [0.2, 0.25) is 11.8 Å². The van der Waals surface area contributed by atoms with E-state index in [1.807, 2.05) is 60.8 Å². The number of amides is 3. The number of aromatic nitrogens is 2. The number of rotatable bonds is 27. The maximum absolute atomic E-state index is 14.0. The summed E-state index contributed by atoms with van der Waals surface area (Å²) in [6.45, 7) is 16.0. The molecule has 2 heterocycles. The van der Waals surface area contributed by atoms with Crippen molar-refractivity contribution in [2.75, 3.05) is 32.8 Å². The predicted molar refractivity (Wildman–Crippen MR) is 270 cm³/mol. The molecule has 2 aromatic heterocycles. The van der Waals surface area contributed by atoms with Crippen LogP contribution < -0.4 is 20.5 Å². The fourth-order valence-corrected chi connectivity index (χ4v) is 8.67. The second-order valence-corrected chi connectivity index (χ2v) is 19.5. The number of para-hydroxylation sites is 3. The average Bonchev–Trinajstić information content (AvgIpc) is 3.90. The molecule has 0 spiro atoms. The van der Waals surface area contributed by atoms with Gasteiger partial charge in [0.25, 0.3) is 0 Å². The first-order chi connectivity index (χ1) is 32.1. The van der Waals surface area contributed by atoms with Gasteiger partial charge in [-0.2, -0.15) is 0 Å². The van der Waals surface area contributed by atoms with Crippen molar-refractivity contribution in [2.45, 2.75) is 136 Å². The molecule has 0 saturated heterocycles. The molecule has 0 fully saturated rings. The van der Waals surface area contributed by atoms with E-state index >= 15 is 0 Å². The fourth-order valence-electron chi connectivity index (χ4n) is 7.62. The van der Waals surface area contributed by atoms with Gasteiger partial charge < -0.3 is 40.1 Å². The van der Waals surface area contributed by atoms with Crippen molar-refractivity contribution in [1.29, 1.82) is 0 Å². The van der Waals surface area contributed by atoms with Gasteiger partial charge in [0.05, 0.1) is 11.6 Å². The quantitative estimate of drug-likeness (QED) is 0.0220. The van der Waals surface area contributed by atoms with E-state index in [2.05, 4.69) is 51.6 Å². The van der Waals surface area contributed by atoms with Crippen molar-refractivity contribution in [3.63, 3.8) is 0 Å². The Kier molecular flexibility index (Phi) is 23.3. The van der Waals surface area contributed by atoms with Crippen LogP contribution in [0.1, 0.15) is 117 Å². The standard InChI is InChI=1S/C45H59ClN5O8P.C6H15N/c1-45(2,3)58-44(54)51-40(30-34-28-32-20-12-15-23-37(32)49-34)43(53)50-39(29-33-31-48-38-24-16-13-21-35(33)38)42(52)47-26-18-10-8-6-4-5-7-9-11-19-27-57-60(55,56)59-41-25-17-14-22-36(41)46;1-4-7(5-2)6-3/h12-17,20-25,28,31,39-40,48-49H,4-11,18-19,26-27,29-30H2,1-3H3,(H,47,52)(H,50,53)(H,51,54)(H,55,56);4-6H2,1-3H3/t39-,40-;/m1./s1. The molecule has 0 saturated carbocycles. The van der Waals surface area contributed by atoms with E-state index in [1.54, 1.807) is 39.0 Å². The second kappa shape index (κ2) is 28.5. The van der Waals surface area contributed by atoms with Crippen molar-refractivity contribution >= 4 is 59.1 Å². The Bertz CT molecular complexity index is 2270. The number of benzene rings is 3. The molecule has 368 valence electrons. The predicted octanol–water partition coefficient (Wildman–Crippen LogP) is 11.0. The number of carbonyl (C=O) groups is 3. The Morgan fingerprint density at radius 3 is 1.96 bits per heavy atom. The van der Waals surface area contributed by atoms with Crippen molar-refractivity contribution in [3.05, 3.63) is 101 Å². The molecule has 6 N–H and O–H groups in total. The summed E-state index contributed by atoms with van der Waals surface area (Å²) in [7, 11) is -4.23. The van der Waals surface area contributed by atoms with E-state index in [9.17, 15) is 23.8 Å². The van der Waals surface area contributed by atoms with E-state index < -0.39 is 37.5 Å². The Hall–Kier alpha value is -4.85. The molecule has 3 amide bonds. The number of hydrogen-bond acceptors (Lipinski definition) is 8. The number of alkyl carbamates (subject to hydrolysis) is 1. The fraction of sp³-hybridized carbons (Fsp3) is 0.510. The summed E-state index contributed by atoms with van der Waals surface area (Å²) in [6, 6.07) is 22.1. The molecule has 16 heteroatoms. The molecule has 3 atom stereocenters. The summed E-state index contributed by atoms with van der Waals surface area (Å²) >= 11 is 5.99. The molecular formula is C51H74ClN6O8P. The van der Waals surface area contributed by atoms with Gasteiger partial charge in [0.15, 0.2) is 0 Å². The number of nitrogens with zero attached hydrogens (tertiary/aromatic N) is 1. The van der Waals surface area contributed by atoms with Crippen LogP contribution in [0.4, 0.5) is 4.79 Å². The van der Waals surface area contributed by atoms with Crippen LogP contribution in [0.5, 0.6) is 5.75 Å². The van der Waals surface area contributed by atoms with Gasteiger partial charge in [0.1, 0.15) is 23.4 Å². The second-order valence-electron chi connectivity index (χ2n) is 17.7. The van der Waals surface area contributed by atoms with Crippen molar-refractivity contribution in [2.24, 2.45) is 0 Å². The lowest BCUT2D eigenvalue weighted by atomic mass is 10.0. The zero-order valence-electron chi connectivity index (χ0n) is 40.3. The molecule has 5 aromatic rings. The van der Waals surface area contributed by atoms with E-state index in [0.29, 0.717) is 13.0 Å².